The number of rotatable bonds is 3. The Morgan fingerprint density at radius 1 is 1.13 bits per heavy atom. The standard InChI is InChI=1S/C22H23ClN4O2S/c1-25-9-4-10-26(12-11-25)20(28)15-7-8-17-19(13-15)24-22(30)27(21(17)29)14-16-5-2-3-6-18(16)23/h2-3,5-8,13H,4,9-12,14H2,1H3,(H,24,30). The monoisotopic (exact) mass is 442 g/mol. The lowest BCUT2D eigenvalue weighted by Crippen LogP contribution is -2.34. The number of nitrogens with zero attached hydrogens (tertiary/aromatic N) is 3. The van der Waals surface area contributed by atoms with Crippen LogP contribution in [-0.4, -0.2) is 58.5 Å². The van der Waals surface area contributed by atoms with Gasteiger partial charge < -0.3 is 14.8 Å². The number of likely N-dealkylation sites (N-methyl/N-ethyl adjacent to an activating group) is 1. The first-order chi connectivity index (χ1) is 14.4. The Hall–Kier alpha value is -2.48. The maximum atomic E-state index is 13.1. The second kappa shape index (κ2) is 8.71. The molecule has 0 spiro atoms. The SMILES string of the molecule is CN1CCCN(C(=O)c2ccc3c(=O)n(Cc4ccccc4Cl)c(=S)[nH]c3c2)CC1. The molecule has 0 atom stereocenters. The summed E-state index contributed by atoms with van der Waals surface area (Å²) in [6.07, 6.45) is 0.949. The van der Waals surface area contributed by atoms with E-state index in [1.807, 2.05) is 23.1 Å². The van der Waals surface area contributed by atoms with E-state index in [0.717, 1.165) is 31.6 Å². The minimum Gasteiger partial charge on any atom is -0.337 e. The first-order valence-electron chi connectivity index (χ1n) is 9.92. The lowest BCUT2D eigenvalue weighted by atomic mass is 10.1. The summed E-state index contributed by atoms with van der Waals surface area (Å²) in [6, 6.07) is 12.5. The molecule has 30 heavy (non-hydrogen) atoms. The topological polar surface area (TPSA) is 61.3 Å². The number of carbonyl (C=O) groups excluding carboxylic acids is 1. The van der Waals surface area contributed by atoms with E-state index in [1.54, 1.807) is 24.3 Å². The molecule has 2 aromatic carbocycles. The van der Waals surface area contributed by atoms with Crippen LogP contribution in [0.5, 0.6) is 0 Å². The molecule has 0 radical (unpaired) electrons. The Morgan fingerprint density at radius 2 is 1.93 bits per heavy atom. The van der Waals surface area contributed by atoms with E-state index in [9.17, 15) is 9.59 Å². The molecule has 1 aliphatic rings. The summed E-state index contributed by atoms with van der Waals surface area (Å²) < 4.78 is 1.79. The number of H-pyrrole nitrogens is 1. The third-order valence-corrected chi connectivity index (χ3v) is 6.21. The van der Waals surface area contributed by atoms with Gasteiger partial charge in [-0.05, 0) is 62.1 Å². The Labute approximate surface area is 184 Å². The van der Waals surface area contributed by atoms with E-state index in [0.29, 0.717) is 32.8 Å². The quantitative estimate of drug-likeness (QED) is 0.630. The molecule has 1 N–H and O–H groups in total. The molecule has 0 saturated carbocycles. The fourth-order valence-electron chi connectivity index (χ4n) is 3.76. The van der Waals surface area contributed by atoms with Crippen LogP contribution in [0.3, 0.4) is 0 Å². The number of aromatic amines is 1. The van der Waals surface area contributed by atoms with Crippen molar-refractivity contribution >= 4 is 40.6 Å². The van der Waals surface area contributed by atoms with E-state index in [2.05, 4.69) is 16.9 Å². The van der Waals surface area contributed by atoms with E-state index >= 15 is 0 Å². The molecule has 1 fully saturated rings. The highest BCUT2D eigenvalue weighted by atomic mass is 35.5. The summed E-state index contributed by atoms with van der Waals surface area (Å²) in [5.74, 6) is -0.0215. The minimum atomic E-state index is -0.205. The number of aromatic nitrogens is 2. The predicted octanol–water partition coefficient (Wildman–Crippen LogP) is 3.54. The first kappa shape index (κ1) is 20.8. The number of fused-ring (bicyclic) bond motifs is 1. The fraction of sp³-hybridized carbons (Fsp3) is 0.318. The number of hydrogen-bond acceptors (Lipinski definition) is 4. The number of carbonyl (C=O) groups is 1. The lowest BCUT2D eigenvalue weighted by molar-refractivity contribution is 0.0763. The van der Waals surface area contributed by atoms with Crippen LogP contribution in [0.2, 0.25) is 5.02 Å². The van der Waals surface area contributed by atoms with Crippen LogP contribution in [0.15, 0.2) is 47.3 Å². The molecule has 1 saturated heterocycles. The van der Waals surface area contributed by atoms with Gasteiger partial charge in [-0.15, -0.1) is 0 Å². The van der Waals surface area contributed by atoms with Crippen molar-refractivity contribution in [2.45, 2.75) is 13.0 Å². The second-order valence-electron chi connectivity index (χ2n) is 7.62. The summed E-state index contributed by atoms with van der Waals surface area (Å²) >= 11 is 11.7. The Kier molecular flexibility index (Phi) is 6.04. The van der Waals surface area contributed by atoms with Crippen molar-refractivity contribution in [1.82, 2.24) is 19.4 Å². The summed E-state index contributed by atoms with van der Waals surface area (Å²) in [6.45, 7) is 3.55. The average molecular weight is 443 g/mol. The Bertz CT molecular complexity index is 1220. The highest BCUT2D eigenvalue weighted by molar-refractivity contribution is 7.71. The van der Waals surface area contributed by atoms with Gasteiger partial charge in [-0.25, -0.2) is 0 Å². The largest absolute Gasteiger partial charge is 0.337 e. The number of benzene rings is 2. The summed E-state index contributed by atoms with van der Waals surface area (Å²) in [4.78, 5) is 33.3. The van der Waals surface area contributed by atoms with Crippen molar-refractivity contribution in [3.05, 3.63) is 73.7 Å². The first-order valence-corrected chi connectivity index (χ1v) is 10.7. The smallest absolute Gasteiger partial charge is 0.262 e. The molecule has 6 nitrogen and oxygen atoms in total. The van der Waals surface area contributed by atoms with E-state index in [-0.39, 0.29) is 18.0 Å². The average Bonchev–Trinajstić information content (AvgIpc) is 2.96. The molecule has 2 heterocycles. The van der Waals surface area contributed by atoms with Gasteiger partial charge in [-0.1, -0.05) is 29.8 Å². The molecular formula is C22H23ClN4O2S. The second-order valence-corrected chi connectivity index (χ2v) is 8.42. The van der Waals surface area contributed by atoms with Crippen LogP contribution in [0, 0.1) is 4.77 Å². The molecule has 3 aromatic rings. The van der Waals surface area contributed by atoms with Crippen molar-refractivity contribution in [3.63, 3.8) is 0 Å². The molecular weight excluding hydrogens is 420 g/mol. The highest BCUT2D eigenvalue weighted by Gasteiger charge is 2.20. The number of hydrogen-bond donors (Lipinski definition) is 1. The molecule has 4 rings (SSSR count). The van der Waals surface area contributed by atoms with Crippen LogP contribution in [0.4, 0.5) is 0 Å². The van der Waals surface area contributed by atoms with Gasteiger partial charge in [0.2, 0.25) is 0 Å². The molecule has 0 unspecified atom stereocenters. The Morgan fingerprint density at radius 3 is 2.73 bits per heavy atom. The minimum absolute atomic E-state index is 0.0215. The molecule has 0 bridgehead atoms. The van der Waals surface area contributed by atoms with Crippen LogP contribution < -0.4 is 5.56 Å². The third-order valence-electron chi connectivity index (χ3n) is 5.52. The summed E-state index contributed by atoms with van der Waals surface area (Å²) in [5, 5.41) is 1.07. The zero-order valence-electron chi connectivity index (χ0n) is 16.7. The predicted molar refractivity (Wildman–Crippen MR) is 122 cm³/mol. The van der Waals surface area contributed by atoms with Crippen LogP contribution >= 0.6 is 23.8 Å². The van der Waals surface area contributed by atoms with Crippen molar-refractivity contribution in [1.29, 1.82) is 0 Å². The normalized spacial score (nSPS) is 15.3. The highest BCUT2D eigenvalue weighted by Crippen LogP contribution is 2.18. The van der Waals surface area contributed by atoms with Crippen molar-refractivity contribution in [2.24, 2.45) is 0 Å². The van der Waals surface area contributed by atoms with Gasteiger partial charge in [0.15, 0.2) is 4.77 Å². The molecule has 156 valence electrons. The molecule has 1 amide bonds. The van der Waals surface area contributed by atoms with Gasteiger partial charge in [0.1, 0.15) is 0 Å². The van der Waals surface area contributed by atoms with E-state index < -0.39 is 0 Å². The van der Waals surface area contributed by atoms with Crippen LogP contribution in [0.25, 0.3) is 10.9 Å². The maximum absolute atomic E-state index is 13.1. The molecule has 8 heteroatoms. The van der Waals surface area contributed by atoms with Gasteiger partial charge in [0, 0.05) is 30.2 Å². The Balaban J connectivity index is 1.67. The number of amides is 1. The summed E-state index contributed by atoms with van der Waals surface area (Å²) in [7, 11) is 2.07. The van der Waals surface area contributed by atoms with Gasteiger partial charge in [-0.3, -0.25) is 14.2 Å². The molecule has 1 aliphatic heterocycles. The van der Waals surface area contributed by atoms with Gasteiger partial charge >= 0.3 is 0 Å². The lowest BCUT2D eigenvalue weighted by Gasteiger charge is -2.20. The number of halogens is 1. The van der Waals surface area contributed by atoms with Gasteiger partial charge in [0.05, 0.1) is 17.4 Å². The molecule has 1 aromatic heterocycles. The maximum Gasteiger partial charge on any atom is 0.262 e. The zero-order valence-corrected chi connectivity index (χ0v) is 18.3. The van der Waals surface area contributed by atoms with E-state index in [4.69, 9.17) is 23.8 Å². The fourth-order valence-corrected chi connectivity index (χ4v) is 4.21. The third kappa shape index (κ3) is 4.19. The summed E-state index contributed by atoms with van der Waals surface area (Å²) in [5.41, 5.74) is 1.74. The van der Waals surface area contributed by atoms with Crippen LogP contribution in [-0.2, 0) is 6.54 Å². The van der Waals surface area contributed by atoms with Gasteiger partial charge in [-0.2, -0.15) is 0 Å². The number of nitrogens with one attached hydrogen (secondary N) is 1. The van der Waals surface area contributed by atoms with Crippen molar-refractivity contribution < 1.29 is 4.79 Å². The molecule has 0 aliphatic carbocycles. The van der Waals surface area contributed by atoms with Crippen LogP contribution in [0.1, 0.15) is 22.3 Å². The van der Waals surface area contributed by atoms with E-state index in [1.165, 1.54) is 4.57 Å². The van der Waals surface area contributed by atoms with Crippen molar-refractivity contribution in [2.75, 3.05) is 33.2 Å². The zero-order chi connectivity index (χ0) is 21.3. The van der Waals surface area contributed by atoms with Crippen molar-refractivity contribution in [3.8, 4) is 0 Å². The van der Waals surface area contributed by atoms with Gasteiger partial charge in [0.25, 0.3) is 11.5 Å².